The van der Waals surface area contributed by atoms with Gasteiger partial charge in [0.25, 0.3) is 5.56 Å². The molecule has 0 amide bonds. The van der Waals surface area contributed by atoms with Gasteiger partial charge in [-0.25, -0.2) is 4.79 Å². The second-order valence-corrected chi connectivity index (χ2v) is 5.07. The molecule has 1 heterocycles. The fourth-order valence-corrected chi connectivity index (χ4v) is 2.15. The van der Waals surface area contributed by atoms with E-state index in [4.69, 9.17) is 5.73 Å². The molecule has 0 saturated heterocycles. The summed E-state index contributed by atoms with van der Waals surface area (Å²) in [4.78, 5) is 24.3. The molecule has 0 spiro atoms. The third-order valence-electron chi connectivity index (χ3n) is 3.65. The molecule has 6 heteroatoms. The first-order chi connectivity index (χ1) is 9.47. The number of unbranched alkanes of at least 4 members (excludes halogenated alkanes) is 1. The lowest BCUT2D eigenvalue weighted by atomic mass is 10.1. The zero-order chi connectivity index (χ0) is 15.3. The molecule has 0 atom stereocenters. The minimum absolute atomic E-state index is 0.183. The topological polar surface area (TPSA) is 82.0 Å². The molecule has 0 aliphatic heterocycles. The molecule has 0 unspecified atom stereocenters. The van der Waals surface area contributed by atoms with Gasteiger partial charge in [0.05, 0.1) is 0 Å². The Labute approximate surface area is 119 Å². The van der Waals surface area contributed by atoms with E-state index in [1.807, 2.05) is 6.92 Å². The fraction of sp³-hybridized carbons (Fsp3) is 0.714. The van der Waals surface area contributed by atoms with Crippen molar-refractivity contribution in [3.63, 3.8) is 0 Å². The van der Waals surface area contributed by atoms with Crippen LogP contribution in [0.15, 0.2) is 9.59 Å². The Kier molecular flexibility index (Phi) is 5.85. The maximum absolute atomic E-state index is 12.2. The van der Waals surface area contributed by atoms with E-state index in [0.29, 0.717) is 12.2 Å². The van der Waals surface area contributed by atoms with Gasteiger partial charge in [-0.2, -0.15) is 0 Å². The highest BCUT2D eigenvalue weighted by Crippen LogP contribution is 2.15. The standard InChI is InChI=1S/C14H26N4O2/c1-5-8-9-18-12(15)11(16-10(6-2)7-3)13(19)17(4)14(18)20/h10,16H,5-9,15H2,1-4H3. The summed E-state index contributed by atoms with van der Waals surface area (Å²) >= 11 is 0. The second kappa shape index (κ2) is 7.17. The highest BCUT2D eigenvalue weighted by Gasteiger charge is 2.16. The molecule has 0 fully saturated rings. The van der Waals surface area contributed by atoms with E-state index in [0.717, 1.165) is 30.3 Å². The molecule has 0 aliphatic carbocycles. The Morgan fingerprint density at radius 2 is 1.80 bits per heavy atom. The number of hydrogen-bond donors (Lipinski definition) is 2. The first-order valence-corrected chi connectivity index (χ1v) is 7.33. The average Bonchev–Trinajstić information content (AvgIpc) is 2.45. The molecular formula is C14H26N4O2. The van der Waals surface area contributed by atoms with Gasteiger partial charge < -0.3 is 11.1 Å². The predicted molar refractivity (Wildman–Crippen MR) is 83.3 cm³/mol. The third kappa shape index (κ3) is 3.23. The van der Waals surface area contributed by atoms with Crippen LogP contribution in [0.5, 0.6) is 0 Å². The quantitative estimate of drug-likeness (QED) is 0.794. The second-order valence-electron chi connectivity index (χ2n) is 5.07. The van der Waals surface area contributed by atoms with Crippen molar-refractivity contribution in [2.75, 3.05) is 11.1 Å². The van der Waals surface area contributed by atoms with Gasteiger partial charge in [0.1, 0.15) is 11.5 Å². The molecule has 6 nitrogen and oxygen atoms in total. The fourth-order valence-electron chi connectivity index (χ4n) is 2.15. The van der Waals surface area contributed by atoms with Crippen LogP contribution < -0.4 is 22.3 Å². The van der Waals surface area contributed by atoms with Crippen molar-refractivity contribution in [2.24, 2.45) is 7.05 Å². The number of anilines is 2. The minimum Gasteiger partial charge on any atom is -0.383 e. The Bertz CT molecular complexity index is 556. The van der Waals surface area contributed by atoms with Crippen LogP contribution in [-0.2, 0) is 13.6 Å². The Morgan fingerprint density at radius 1 is 1.20 bits per heavy atom. The monoisotopic (exact) mass is 282 g/mol. The number of hydrogen-bond acceptors (Lipinski definition) is 4. The van der Waals surface area contributed by atoms with Crippen molar-refractivity contribution in [1.82, 2.24) is 9.13 Å². The van der Waals surface area contributed by atoms with Crippen LogP contribution in [0.4, 0.5) is 11.5 Å². The number of aromatic nitrogens is 2. The van der Waals surface area contributed by atoms with Crippen molar-refractivity contribution in [2.45, 2.75) is 59.0 Å². The van der Waals surface area contributed by atoms with Crippen molar-refractivity contribution in [1.29, 1.82) is 0 Å². The number of nitrogens with one attached hydrogen (secondary N) is 1. The predicted octanol–water partition coefficient (Wildman–Crippen LogP) is 1.53. The summed E-state index contributed by atoms with van der Waals surface area (Å²) in [6.45, 7) is 6.68. The van der Waals surface area contributed by atoms with E-state index < -0.39 is 0 Å². The summed E-state index contributed by atoms with van der Waals surface area (Å²) in [5.41, 5.74) is 5.68. The molecule has 1 aromatic heterocycles. The number of nitrogens with zero attached hydrogens (tertiary/aromatic N) is 2. The van der Waals surface area contributed by atoms with E-state index in [2.05, 4.69) is 19.2 Å². The molecule has 20 heavy (non-hydrogen) atoms. The minimum atomic E-state index is -0.354. The molecule has 1 rings (SSSR count). The maximum atomic E-state index is 12.2. The van der Waals surface area contributed by atoms with Gasteiger partial charge in [0.15, 0.2) is 0 Å². The van der Waals surface area contributed by atoms with Crippen LogP contribution in [0.2, 0.25) is 0 Å². The molecule has 0 bridgehead atoms. The van der Waals surface area contributed by atoms with Gasteiger partial charge in [-0.3, -0.25) is 13.9 Å². The van der Waals surface area contributed by atoms with E-state index in [1.165, 1.54) is 11.6 Å². The van der Waals surface area contributed by atoms with Crippen LogP contribution in [0.3, 0.4) is 0 Å². The SMILES string of the molecule is CCCCn1c(N)c(NC(CC)CC)c(=O)n(C)c1=O. The average molecular weight is 282 g/mol. The first-order valence-electron chi connectivity index (χ1n) is 7.33. The van der Waals surface area contributed by atoms with Gasteiger partial charge in [-0.1, -0.05) is 27.2 Å². The Balaban J connectivity index is 3.33. The van der Waals surface area contributed by atoms with Crippen LogP contribution in [0.25, 0.3) is 0 Å². The van der Waals surface area contributed by atoms with Gasteiger partial charge in [-0.05, 0) is 19.3 Å². The van der Waals surface area contributed by atoms with Crippen molar-refractivity contribution < 1.29 is 0 Å². The van der Waals surface area contributed by atoms with E-state index in [1.54, 1.807) is 0 Å². The largest absolute Gasteiger partial charge is 0.383 e. The van der Waals surface area contributed by atoms with E-state index in [-0.39, 0.29) is 23.1 Å². The zero-order valence-corrected chi connectivity index (χ0v) is 12.9. The van der Waals surface area contributed by atoms with Crippen LogP contribution >= 0.6 is 0 Å². The van der Waals surface area contributed by atoms with Gasteiger partial charge >= 0.3 is 5.69 Å². The van der Waals surface area contributed by atoms with E-state index >= 15 is 0 Å². The van der Waals surface area contributed by atoms with Gasteiger partial charge in [0.2, 0.25) is 0 Å². The maximum Gasteiger partial charge on any atom is 0.332 e. The van der Waals surface area contributed by atoms with Crippen molar-refractivity contribution in [3.05, 3.63) is 20.8 Å². The van der Waals surface area contributed by atoms with Crippen LogP contribution in [0, 0.1) is 0 Å². The summed E-state index contributed by atoms with van der Waals surface area (Å²) in [5.74, 6) is 0.249. The number of rotatable bonds is 7. The van der Waals surface area contributed by atoms with E-state index in [9.17, 15) is 9.59 Å². The van der Waals surface area contributed by atoms with Crippen molar-refractivity contribution >= 4 is 11.5 Å². The zero-order valence-electron chi connectivity index (χ0n) is 12.9. The van der Waals surface area contributed by atoms with Crippen LogP contribution in [0.1, 0.15) is 46.5 Å². The van der Waals surface area contributed by atoms with Crippen molar-refractivity contribution in [3.8, 4) is 0 Å². The Hall–Kier alpha value is -1.72. The third-order valence-corrected chi connectivity index (χ3v) is 3.65. The molecule has 114 valence electrons. The number of nitrogen functional groups attached to an aromatic ring is 1. The summed E-state index contributed by atoms with van der Waals surface area (Å²) in [6.07, 6.45) is 3.61. The smallest absolute Gasteiger partial charge is 0.332 e. The molecule has 0 aromatic carbocycles. The molecular weight excluding hydrogens is 256 g/mol. The molecule has 0 aliphatic rings. The lowest BCUT2D eigenvalue weighted by molar-refractivity contribution is 0.572. The summed E-state index contributed by atoms with van der Waals surface area (Å²) in [6, 6.07) is 0.183. The highest BCUT2D eigenvalue weighted by atomic mass is 16.2. The molecule has 0 radical (unpaired) electrons. The van der Waals surface area contributed by atoms with Gasteiger partial charge in [-0.15, -0.1) is 0 Å². The lowest BCUT2D eigenvalue weighted by Crippen LogP contribution is -2.41. The summed E-state index contributed by atoms with van der Waals surface area (Å²) in [7, 11) is 1.49. The highest BCUT2D eigenvalue weighted by molar-refractivity contribution is 5.61. The van der Waals surface area contributed by atoms with Gasteiger partial charge in [0, 0.05) is 19.6 Å². The normalized spacial score (nSPS) is 11.1. The summed E-state index contributed by atoms with van der Waals surface area (Å²) < 4.78 is 2.60. The van der Waals surface area contributed by atoms with Crippen LogP contribution in [-0.4, -0.2) is 15.2 Å². The Morgan fingerprint density at radius 3 is 2.30 bits per heavy atom. The molecule has 3 N–H and O–H groups in total. The summed E-state index contributed by atoms with van der Waals surface area (Å²) in [5, 5.41) is 3.18. The lowest BCUT2D eigenvalue weighted by Gasteiger charge is -2.20. The molecule has 0 saturated carbocycles. The number of nitrogens with two attached hydrogens (primary N) is 1. The molecule has 1 aromatic rings. The first kappa shape index (κ1) is 16.3.